The molecule has 3 aromatic rings. The molecular weight excluding hydrogens is 430 g/mol. The van der Waals surface area contributed by atoms with Crippen molar-refractivity contribution < 1.29 is 4.74 Å². The van der Waals surface area contributed by atoms with Crippen LogP contribution in [0.15, 0.2) is 66.9 Å². The van der Waals surface area contributed by atoms with Crippen LogP contribution < -0.4 is 5.32 Å². The fourth-order valence-electron chi connectivity index (χ4n) is 4.98. The number of ether oxygens (including phenoxy) is 1. The fourth-order valence-corrected chi connectivity index (χ4v) is 5.31. The Labute approximate surface area is 201 Å². The summed E-state index contributed by atoms with van der Waals surface area (Å²) in [5, 5.41) is 4.40. The summed E-state index contributed by atoms with van der Waals surface area (Å²) in [6.07, 6.45) is 2.91. The smallest absolute Gasteiger partial charge is 0.170 e. The van der Waals surface area contributed by atoms with Gasteiger partial charge in [-0.15, -0.1) is 0 Å². The lowest BCUT2D eigenvalue weighted by Crippen LogP contribution is -2.39. The molecule has 33 heavy (non-hydrogen) atoms. The second kappa shape index (κ2) is 10.0. The van der Waals surface area contributed by atoms with Crippen LogP contribution in [0.25, 0.3) is 5.69 Å². The number of hydrogen-bond acceptors (Lipinski definition) is 4. The van der Waals surface area contributed by atoms with Crippen molar-refractivity contribution in [1.82, 2.24) is 24.7 Å². The zero-order chi connectivity index (χ0) is 22.6. The van der Waals surface area contributed by atoms with E-state index in [-0.39, 0.29) is 12.1 Å². The predicted molar refractivity (Wildman–Crippen MR) is 135 cm³/mol. The SMILES string of the molecule is Cc1ccc(C2C(c3ccccn3)NC(=S)N2CCCN2CCOCC2)n1-c1ccccc1. The van der Waals surface area contributed by atoms with E-state index in [4.69, 9.17) is 17.0 Å². The van der Waals surface area contributed by atoms with Crippen molar-refractivity contribution in [3.8, 4) is 5.69 Å². The van der Waals surface area contributed by atoms with E-state index in [0.29, 0.717) is 0 Å². The molecule has 5 rings (SSSR count). The number of aryl methyl sites for hydroxylation is 1. The Morgan fingerprint density at radius 1 is 1.00 bits per heavy atom. The minimum Gasteiger partial charge on any atom is -0.379 e. The molecule has 4 heterocycles. The van der Waals surface area contributed by atoms with Crippen LogP contribution in [-0.2, 0) is 4.74 Å². The van der Waals surface area contributed by atoms with Gasteiger partial charge in [-0.2, -0.15) is 0 Å². The molecule has 0 amide bonds. The molecule has 2 fully saturated rings. The first-order valence-electron chi connectivity index (χ1n) is 11.7. The molecule has 0 radical (unpaired) electrons. The van der Waals surface area contributed by atoms with E-state index < -0.39 is 0 Å². The molecule has 0 spiro atoms. The van der Waals surface area contributed by atoms with Crippen LogP contribution in [0.1, 0.15) is 35.6 Å². The van der Waals surface area contributed by atoms with E-state index in [1.54, 1.807) is 0 Å². The van der Waals surface area contributed by atoms with Crippen LogP contribution >= 0.6 is 12.2 Å². The zero-order valence-electron chi connectivity index (χ0n) is 19.1. The summed E-state index contributed by atoms with van der Waals surface area (Å²) in [6.45, 7) is 7.81. The van der Waals surface area contributed by atoms with Crippen LogP contribution in [-0.4, -0.2) is 63.9 Å². The van der Waals surface area contributed by atoms with Crippen molar-refractivity contribution in [1.29, 1.82) is 0 Å². The van der Waals surface area contributed by atoms with E-state index in [0.717, 1.165) is 56.6 Å². The van der Waals surface area contributed by atoms with E-state index in [1.807, 2.05) is 18.3 Å². The van der Waals surface area contributed by atoms with Crippen molar-refractivity contribution in [2.24, 2.45) is 0 Å². The third-order valence-electron chi connectivity index (χ3n) is 6.60. The molecule has 2 aromatic heterocycles. The van der Waals surface area contributed by atoms with Gasteiger partial charge < -0.3 is 19.5 Å². The van der Waals surface area contributed by atoms with Gasteiger partial charge >= 0.3 is 0 Å². The molecule has 0 bridgehead atoms. The standard InChI is InChI=1S/C26H31N5OS/c1-20-11-12-23(31(20)21-8-3-2-4-9-21)25-24(22-10-5-6-13-27-22)28-26(33)30(25)15-7-14-29-16-18-32-19-17-29/h2-6,8-13,24-25H,7,14-19H2,1H3,(H,28,33). The summed E-state index contributed by atoms with van der Waals surface area (Å²) in [7, 11) is 0. The Kier molecular flexibility index (Phi) is 6.71. The van der Waals surface area contributed by atoms with Crippen molar-refractivity contribution >= 4 is 17.3 Å². The summed E-state index contributed by atoms with van der Waals surface area (Å²) >= 11 is 5.88. The third-order valence-corrected chi connectivity index (χ3v) is 6.95. The van der Waals surface area contributed by atoms with Gasteiger partial charge in [0.1, 0.15) is 0 Å². The number of para-hydroxylation sites is 1. The number of morpholine rings is 1. The number of pyridine rings is 1. The van der Waals surface area contributed by atoms with Crippen LogP contribution in [0.5, 0.6) is 0 Å². The number of aromatic nitrogens is 2. The quantitative estimate of drug-likeness (QED) is 0.539. The van der Waals surface area contributed by atoms with E-state index in [1.165, 1.54) is 17.1 Å². The van der Waals surface area contributed by atoms with Gasteiger partial charge in [-0.25, -0.2) is 0 Å². The largest absolute Gasteiger partial charge is 0.379 e. The summed E-state index contributed by atoms with van der Waals surface area (Å²) < 4.78 is 7.85. The van der Waals surface area contributed by atoms with Gasteiger partial charge in [-0.3, -0.25) is 9.88 Å². The lowest BCUT2D eigenvalue weighted by Gasteiger charge is -2.31. The molecule has 2 unspecified atom stereocenters. The molecule has 1 aromatic carbocycles. The molecule has 7 heteroatoms. The van der Waals surface area contributed by atoms with Crippen molar-refractivity contribution in [3.63, 3.8) is 0 Å². The molecule has 6 nitrogen and oxygen atoms in total. The van der Waals surface area contributed by atoms with Gasteiger partial charge in [0.15, 0.2) is 5.11 Å². The van der Waals surface area contributed by atoms with E-state index in [2.05, 4.69) is 80.1 Å². The van der Waals surface area contributed by atoms with E-state index >= 15 is 0 Å². The first kappa shape index (κ1) is 22.1. The summed E-state index contributed by atoms with van der Waals surface area (Å²) in [5.41, 5.74) is 4.62. The molecule has 2 saturated heterocycles. The predicted octanol–water partition coefficient (Wildman–Crippen LogP) is 3.88. The molecule has 2 atom stereocenters. The van der Waals surface area contributed by atoms with Crippen LogP contribution in [0, 0.1) is 6.92 Å². The monoisotopic (exact) mass is 461 g/mol. The molecule has 1 N–H and O–H groups in total. The van der Waals surface area contributed by atoms with Gasteiger partial charge in [-0.1, -0.05) is 24.3 Å². The average Bonchev–Trinajstić information content (AvgIpc) is 3.40. The Balaban J connectivity index is 1.47. The van der Waals surface area contributed by atoms with Crippen LogP contribution in [0.4, 0.5) is 0 Å². The fraction of sp³-hybridized carbons (Fsp3) is 0.385. The number of benzene rings is 1. The second-order valence-corrected chi connectivity index (χ2v) is 9.08. The summed E-state index contributed by atoms with van der Waals surface area (Å²) in [4.78, 5) is 9.54. The molecule has 0 saturated carbocycles. The molecule has 2 aliphatic heterocycles. The third kappa shape index (κ3) is 4.67. The number of rotatable bonds is 7. The van der Waals surface area contributed by atoms with Crippen molar-refractivity contribution in [3.05, 3.63) is 83.9 Å². The maximum Gasteiger partial charge on any atom is 0.170 e. The van der Waals surface area contributed by atoms with Gasteiger partial charge in [0.2, 0.25) is 0 Å². The Morgan fingerprint density at radius 2 is 1.79 bits per heavy atom. The Morgan fingerprint density at radius 3 is 2.55 bits per heavy atom. The highest BCUT2D eigenvalue weighted by Crippen LogP contribution is 2.40. The van der Waals surface area contributed by atoms with Crippen molar-refractivity contribution in [2.75, 3.05) is 39.4 Å². The summed E-state index contributed by atoms with van der Waals surface area (Å²) in [6, 6.07) is 21.2. The molecular formula is C26H31N5OS. The van der Waals surface area contributed by atoms with Gasteiger partial charge in [0.25, 0.3) is 0 Å². The van der Waals surface area contributed by atoms with E-state index in [9.17, 15) is 0 Å². The minimum absolute atomic E-state index is 0.00107. The van der Waals surface area contributed by atoms with Crippen molar-refractivity contribution in [2.45, 2.75) is 25.4 Å². The van der Waals surface area contributed by atoms with Gasteiger partial charge in [0, 0.05) is 49.5 Å². The number of thiocarbonyl (C=S) groups is 1. The normalized spacial score (nSPS) is 21.4. The molecule has 2 aliphatic rings. The Hall–Kier alpha value is -2.74. The zero-order valence-corrected chi connectivity index (χ0v) is 19.9. The van der Waals surface area contributed by atoms with Gasteiger partial charge in [0.05, 0.1) is 31.0 Å². The van der Waals surface area contributed by atoms with Crippen LogP contribution in [0.3, 0.4) is 0 Å². The lowest BCUT2D eigenvalue weighted by atomic mass is 10.0. The lowest BCUT2D eigenvalue weighted by molar-refractivity contribution is 0.0365. The molecule has 0 aliphatic carbocycles. The van der Waals surface area contributed by atoms with Gasteiger partial charge in [-0.05, 0) is 62.0 Å². The maximum absolute atomic E-state index is 5.88. The maximum atomic E-state index is 5.88. The number of hydrogen-bond donors (Lipinski definition) is 1. The highest BCUT2D eigenvalue weighted by atomic mass is 32.1. The first-order chi connectivity index (χ1) is 16.2. The Bertz CT molecular complexity index is 1060. The topological polar surface area (TPSA) is 45.6 Å². The minimum atomic E-state index is -0.00107. The number of nitrogens with zero attached hydrogens (tertiary/aromatic N) is 4. The second-order valence-electron chi connectivity index (χ2n) is 8.70. The average molecular weight is 462 g/mol. The summed E-state index contributed by atoms with van der Waals surface area (Å²) in [5.74, 6) is 0. The first-order valence-corrected chi connectivity index (χ1v) is 12.1. The highest BCUT2D eigenvalue weighted by molar-refractivity contribution is 7.80. The van der Waals surface area contributed by atoms with Crippen LogP contribution in [0.2, 0.25) is 0 Å². The number of nitrogens with one attached hydrogen (secondary N) is 1. The highest BCUT2D eigenvalue weighted by Gasteiger charge is 2.41. The molecule has 172 valence electrons.